The Morgan fingerprint density at radius 1 is 1.15 bits per heavy atom. The second-order valence-corrected chi connectivity index (χ2v) is 5.54. The van der Waals surface area contributed by atoms with E-state index in [4.69, 9.17) is 5.73 Å². The van der Waals surface area contributed by atoms with Gasteiger partial charge in [-0.25, -0.2) is 17.8 Å². The monoisotopic (exact) mass is 295 g/mol. The van der Waals surface area contributed by atoms with Crippen LogP contribution in [0.5, 0.6) is 0 Å². The molecule has 0 aliphatic heterocycles. The van der Waals surface area contributed by atoms with Gasteiger partial charge in [0.2, 0.25) is 5.91 Å². The zero-order valence-electron chi connectivity index (χ0n) is 10.1. The van der Waals surface area contributed by atoms with Crippen molar-refractivity contribution in [3.8, 4) is 0 Å². The van der Waals surface area contributed by atoms with Crippen molar-refractivity contribution in [1.82, 2.24) is 4.98 Å². The fraction of sp³-hybridized carbons (Fsp3) is 0. The van der Waals surface area contributed by atoms with E-state index in [1.807, 2.05) is 0 Å². The van der Waals surface area contributed by atoms with Crippen LogP contribution >= 0.6 is 0 Å². The Morgan fingerprint density at radius 2 is 1.80 bits per heavy atom. The molecular formula is C12H10FN3O3S. The predicted molar refractivity (Wildman–Crippen MR) is 70.0 cm³/mol. The molecule has 0 radical (unpaired) electrons. The Kier molecular flexibility index (Phi) is 3.66. The number of nitrogens with zero attached hydrogens (tertiary/aromatic N) is 1. The van der Waals surface area contributed by atoms with Gasteiger partial charge < -0.3 is 5.73 Å². The average molecular weight is 295 g/mol. The highest BCUT2D eigenvalue weighted by Crippen LogP contribution is 2.15. The summed E-state index contributed by atoms with van der Waals surface area (Å²) >= 11 is 0. The molecule has 2 aromatic rings. The number of sulfonamides is 1. The van der Waals surface area contributed by atoms with Gasteiger partial charge in [0.1, 0.15) is 11.6 Å². The first-order valence-electron chi connectivity index (χ1n) is 5.43. The number of carbonyl (C=O) groups is 1. The SMILES string of the molecule is NC(=O)c1ccc(S(=O)(=O)Nc2ccc(F)cn2)cc1. The third-order valence-corrected chi connectivity index (χ3v) is 3.79. The van der Waals surface area contributed by atoms with Gasteiger partial charge in [-0.05, 0) is 36.4 Å². The summed E-state index contributed by atoms with van der Waals surface area (Å²) in [6, 6.07) is 7.37. The first-order valence-corrected chi connectivity index (χ1v) is 6.91. The summed E-state index contributed by atoms with van der Waals surface area (Å²) in [5.74, 6) is -1.23. The molecule has 0 aliphatic rings. The predicted octanol–water partition coefficient (Wildman–Crippen LogP) is 1.12. The summed E-state index contributed by atoms with van der Waals surface area (Å²) in [5.41, 5.74) is 5.26. The molecule has 0 unspecified atom stereocenters. The van der Waals surface area contributed by atoms with Crippen LogP contribution in [0.25, 0.3) is 0 Å². The molecule has 6 nitrogen and oxygen atoms in total. The zero-order valence-corrected chi connectivity index (χ0v) is 10.9. The van der Waals surface area contributed by atoms with Crippen LogP contribution in [0.1, 0.15) is 10.4 Å². The van der Waals surface area contributed by atoms with Crippen molar-refractivity contribution in [2.75, 3.05) is 4.72 Å². The Balaban J connectivity index is 2.26. The number of anilines is 1. The van der Waals surface area contributed by atoms with Gasteiger partial charge in [0, 0.05) is 5.56 Å². The fourth-order valence-electron chi connectivity index (χ4n) is 1.43. The number of nitrogens with one attached hydrogen (secondary N) is 1. The molecule has 104 valence electrons. The van der Waals surface area contributed by atoms with Crippen LogP contribution in [0.15, 0.2) is 47.5 Å². The standard InChI is InChI=1S/C12H10FN3O3S/c13-9-3-6-11(15-7-9)16-20(18,19)10-4-1-8(2-5-10)12(14)17/h1-7H,(H2,14,17)(H,15,16). The Bertz CT molecular complexity index is 728. The summed E-state index contributed by atoms with van der Waals surface area (Å²) in [4.78, 5) is 14.4. The number of primary amides is 1. The van der Waals surface area contributed by atoms with Crippen molar-refractivity contribution in [3.05, 3.63) is 54.0 Å². The van der Waals surface area contributed by atoms with Crippen LogP contribution in [0, 0.1) is 5.82 Å². The number of hydrogen-bond donors (Lipinski definition) is 2. The molecule has 1 amide bonds. The number of amides is 1. The maximum atomic E-state index is 12.7. The molecule has 1 aromatic heterocycles. The molecule has 1 aromatic carbocycles. The van der Waals surface area contributed by atoms with Crippen molar-refractivity contribution in [1.29, 1.82) is 0 Å². The van der Waals surface area contributed by atoms with Gasteiger partial charge in [-0.1, -0.05) is 0 Å². The Hall–Kier alpha value is -2.48. The lowest BCUT2D eigenvalue weighted by Crippen LogP contribution is -2.15. The molecule has 0 atom stereocenters. The molecule has 0 bridgehead atoms. The number of aromatic nitrogens is 1. The maximum absolute atomic E-state index is 12.7. The highest BCUT2D eigenvalue weighted by atomic mass is 32.2. The highest BCUT2D eigenvalue weighted by molar-refractivity contribution is 7.92. The third-order valence-electron chi connectivity index (χ3n) is 2.42. The van der Waals surface area contributed by atoms with E-state index in [2.05, 4.69) is 9.71 Å². The van der Waals surface area contributed by atoms with Crippen LogP contribution in [0.2, 0.25) is 0 Å². The molecule has 0 saturated carbocycles. The van der Waals surface area contributed by atoms with Crippen molar-refractivity contribution in [2.24, 2.45) is 5.73 Å². The summed E-state index contributed by atoms with van der Waals surface area (Å²) in [5, 5.41) is 0. The minimum atomic E-state index is -3.86. The van der Waals surface area contributed by atoms with E-state index < -0.39 is 21.7 Å². The van der Waals surface area contributed by atoms with Crippen LogP contribution in [0.4, 0.5) is 10.2 Å². The van der Waals surface area contributed by atoms with Crippen LogP contribution < -0.4 is 10.5 Å². The number of benzene rings is 1. The van der Waals surface area contributed by atoms with E-state index in [1.165, 1.54) is 30.3 Å². The van der Waals surface area contributed by atoms with Crippen molar-refractivity contribution in [3.63, 3.8) is 0 Å². The van der Waals surface area contributed by atoms with Crippen LogP contribution in [-0.4, -0.2) is 19.3 Å². The quantitative estimate of drug-likeness (QED) is 0.882. The number of rotatable bonds is 4. The Morgan fingerprint density at radius 3 is 2.30 bits per heavy atom. The van der Waals surface area contributed by atoms with Crippen molar-refractivity contribution >= 4 is 21.7 Å². The van der Waals surface area contributed by atoms with Crippen molar-refractivity contribution < 1.29 is 17.6 Å². The largest absolute Gasteiger partial charge is 0.366 e. The van der Waals surface area contributed by atoms with E-state index >= 15 is 0 Å². The molecule has 2 rings (SSSR count). The van der Waals surface area contributed by atoms with Gasteiger partial charge in [0.25, 0.3) is 10.0 Å². The van der Waals surface area contributed by atoms with E-state index in [0.29, 0.717) is 0 Å². The second kappa shape index (κ2) is 5.25. The van der Waals surface area contributed by atoms with Crippen LogP contribution in [-0.2, 0) is 10.0 Å². The number of hydrogen-bond acceptors (Lipinski definition) is 4. The zero-order chi connectivity index (χ0) is 14.8. The van der Waals surface area contributed by atoms with Gasteiger partial charge in [0.05, 0.1) is 11.1 Å². The summed E-state index contributed by atoms with van der Waals surface area (Å²) in [6.07, 6.45) is 0.897. The number of nitrogens with two attached hydrogens (primary N) is 1. The molecule has 0 spiro atoms. The normalized spacial score (nSPS) is 11.1. The maximum Gasteiger partial charge on any atom is 0.263 e. The number of pyridine rings is 1. The highest BCUT2D eigenvalue weighted by Gasteiger charge is 2.15. The lowest BCUT2D eigenvalue weighted by molar-refractivity contribution is 0.1000. The Labute approximate surface area is 114 Å². The molecule has 0 aliphatic carbocycles. The third kappa shape index (κ3) is 3.09. The first-order chi connectivity index (χ1) is 9.38. The minimum absolute atomic E-state index is 0.00891. The summed E-state index contributed by atoms with van der Waals surface area (Å²) < 4.78 is 38.9. The van der Waals surface area contributed by atoms with Crippen LogP contribution in [0.3, 0.4) is 0 Å². The molecule has 8 heteroatoms. The molecule has 3 N–H and O–H groups in total. The summed E-state index contributed by atoms with van der Waals surface area (Å²) in [6.45, 7) is 0. The minimum Gasteiger partial charge on any atom is -0.366 e. The molecule has 0 saturated heterocycles. The number of halogens is 1. The van der Waals surface area contributed by atoms with Gasteiger partial charge in [-0.2, -0.15) is 0 Å². The van der Waals surface area contributed by atoms with E-state index in [1.54, 1.807) is 0 Å². The lowest BCUT2D eigenvalue weighted by Gasteiger charge is -2.07. The van der Waals surface area contributed by atoms with E-state index in [9.17, 15) is 17.6 Å². The van der Waals surface area contributed by atoms with Gasteiger partial charge in [0.15, 0.2) is 0 Å². The smallest absolute Gasteiger partial charge is 0.263 e. The van der Waals surface area contributed by atoms with E-state index in [0.717, 1.165) is 12.3 Å². The summed E-state index contributed by atoms with van der Waals surface area (Å²) in [7, 11) is -3.86. The first kappa shape index (κ1) is 13.9. The van der Waals surface area contributed by atoms with E-state index in [-0.39, 0.29) is 16.3 Å². The number of carbonyl (C=O) groups excluding carboxylic acids is 1. The van der Waals surface area contributed by atoms with Gasteiger partial charge >= 0.3 is 0 Å². The topological polar surface area (TPSA) is 102 Å². The average Bonchev–Trinajstić information content (AvgIpc) is 2.41. The second-order valence-electron chi connectivity index (χ2n) is 3.86. The fourth-order valence-corrected chi connectivity index (χ4v) is 2.44. The lowest BCUT2D eigenvalue weighted by atomic mass is 10.2. The molecule has 1 heterocycles. The molecule has 20 heavy (non-hydrogen) atoms. The van der Waals surface area contributed by atoms with Gasteiger partial charge in [-0.15, -0.1) is 0 Å². The van der Waals surface area contributed by atoms with Crippen molar-refractivity contribution in [2.45, 2.75) is 4.90 Å². The van der Waals surface area contributed by atoms with Gasteiger partial charge in [-0.3, -0.25) is 9.52 Å². The molecular weight excluding hydrogens is 285 g/mol. The molecule has 0 fully saturated rings.